The molecule has 2 rings (SSSR count). The van der Waals surface area contributed by atoms with E-state index in [9.17, 15) is 4.79 Å². The lowest BCUT2D eigenvalue weighted by atomic mass is 10.1. The Morgan fingerprint density at radius 1 is 1.17 bits per heavy atom. The van der Waals surface area contributed by atoms with Gasteiger partial charge in [-0.05, 0) is 55.8 Å². The van der Waals surface area contributed by atoms with E-state index in [1.54, 1.807) is 49.4 Å². The predicted molar refractivity (Wildman–Crippen MR) is 94.3 cm³/mol. The number of halogens is 2. The average Bonchev–Trinajstić information content (AvgIpc) is 2.55. The first-order chi connectivity index (χ1) is 11.4. The van der Waals surface area contributed by atoms with Gasteiger partial charge in [-0.3, -0.25) is 4.79 Å². The minimum absolute atomic E-state index is 0.266. The number of rotatable bonds is 5. The molecule has 24 heavy (non-hydrogen) atoms. The number of amides is 1. The molecule has 0 aliphatic heterocycles. The number of carbonyl (C=O) groups is 1. The highest BCUT2D eigenvalue weighted by Gasteiger charge is 2.19. The van der Waals surface area contributed by atoms with Gasteiger partial charge in [-0.15, -0.1) is 0 Å². The lowest BCUT2D eigenvalue weighted by Crippen LogP contribution is -2.37. The normalized spacial score (nSPS) is 12.8. The summed E-state index contributed by atoms with van der Waals surface area (Å²) in [5, 5.41) is 12.7. The van der Waals surface area contributed by atoms with Gasteiger partial charge in [-0.1, -0.05) is 29.3 Å². The lowest BCUT2D eigenvalue weighted by molar-refractivity contribution is -0.127. The lowest BCUT2D eigenvalue weighted by Gasteiger charge is -2.20. The monoisotopic (exact) mass is 362 g/mol. The molecule has 1 N–H and O–H groups in total. The first-order valence-electron chi connectivity index (χ1n) is 7.33. The van der Waals surface area contributed by atoms with Crippen molar-refractivity contribution in [2.24, 2.45) is 0 Å². The zero-order chi connectivity index (χ0) is 17.7. The Labute approximate surface area is 151 Å². The Hall–Kier alpha value is -2.22. The summed E-state index contributed by atoms with van der Waals surface area (Å²) in [6, 6.07) is 13.5. The van der Waals surface area contributed by atoms with Gasteiger partial charge in [0.1, 0.15) is 5.75 Å². The molecule has 0 spiro atoms. The molecule has 0 heterocycles. The van der Waals surface area contributed by atoms with Crippen molar-refractivity contribution < 1.29 is 9.53 Å². The maximum absolute atomic E-state index is 12.3. The fourth-order valence-electron chi connectivity index (χ4n) is 2.13. The molecule has 0 bridgehead atoms. The molecule has 0 saturated carbocycles. The van der Waals surface area contributed by atoms with Crippen LogP contribution in [-0.4, -0.2) is 12.0 Å². The second-order valence-corrected chi connectivity index (χ2v) is 6.14. The van der Waals surface area contributed by atoms with Crippen LogP contribution in [0.15, 0.2) is 42.5 Å². The van der Waals surface area contributed by atoms with Gasteiger partial charge in [0.15, 0.2) is 6.10 Å². The number of carbonyl (C=O) groups excluding carboxylic acids is 1. The van der Waals surface area contributed by atoms with Gasteiger partial charge in [0.25, 0.3) is 5.91 Å². The Kier molecular flexibility index (Phi) is 6.08. The molecule has 0 saturated heterocycles. The Bertz CT molecular complexity index is 770. The minimum Gasteiger partial charge on any atom is -0.481 e. The largest absolute Gasteiger partial charge is 0.481 e. The van der Waals surface area contributed by atoms with E-state index in [4.69, 9.17) is 33.2 Å². The summed E-state index contributed by atoms with van der Waals surface area (Å²) in [4.78, 5) is 12.3. The first-order valence-corrected chi connectivity index (χ1v) is 8.08. The molecule has 2 aromatic rings. The molecular formula is C18H16Cl2N2O2. The van der Waals surface area contributed by atoms with Crippen molar-refractivity contribution in [2.75, 3.05) is 0 Å². The molecule has 0 unspecified atom stereocenters. The summed E-state index contributed by atoms with van der Waals surface area (Å²) < 4.78 is 5.59. The average molecular weight is 363 g/mol. The van der Waals surface area contributed by atoms with Crippen LogP contribution in [0.1, 0.15) is 31.0 Å². The molecule has 2 aromatic carbocycles. The number of hydrogen-bond donors (Lipinski definition) is 1. The van der Waals surface area contributed by atoms with E-state index in [1.165, 1.54) is 0 Å². The number of hydrogen-bond acceptors (Lipinski definition) is 3. The molecule has 4 nitrogen and oxygen atoms in total. The molecule has 0 aromatic heterocycles. The number of nitriles is 1. The van der Waals surface area contributed by atoms with Crippen LogP contribution in [0.4, 0.5) is 0 Å². The SMILES string of the molecule is C[C@H](Oc1ccc(C#N)cc1)C(=O)N[C@H](C)c1ccc(Cl)cc1Cl. The van der Waals surface area contributed by atoms with Crippen molar-refractivity contribution in [3.63, 3.8) is 0 Å². The topological polar surface area (TPSA) is 62.1 Å². The molecular weight excluding hydrogens is 347 g/mol. The molecule has 124 valence electrons. The van der Waals surface area contributed by atoms with Gasteiger partial charge in [-0.2, -0.15) is 5.26 Å². The Balaban J connectivity index is 1.98. The van der Waals surface area contributed by atoms with Crippen LogP contribution in [0.2, 0.25) is 10.0 Å². The fraction of sp³-hybridized carbons (Fsp3) is 0.222. The molecule has 2 atom stereocenters. The number of ether oxygens (including phenoxy) is 1. The molecule has 0 fully saturated rings. The zero-order valence-corrected chi connectivity index (χ0v) is 14.7. The van der Waals surface area contributed by atoms with Crippen LogP contribution in [0.5, 0.6) is 5.75 Å². The van der Waals surface area contributed by atoms with E-state index in [0.29, 0.717) is 21.4 Å². The predicted octanol–water partition coefficient (Wildman–Crippen LogP) is 4.51. The van der Waals surface area contributed by atoms with Crippen LogP contribution >= 0.6 is 23.2 Å². The molecule has 6 heteroatoms. The third-order valence-electron chi connectivity index (χ3n) is 3.45. The van der Waals surface area contributed by atoms with Crippen LogP contribution in [0.3, 0.4) is 0 Å². The maximum Gasteiger partial charge on any atom is 0.261 e. The van der Waals surface area contributed by atoms with Gasteiger partial charge in [0.05, 0.1) is 17.7 Å². The van der Waals surface area contributed by atoms with Gasteiger partial charge in [0.2, 0.25) is 0 Å². The molecule has 0 radical (unpaired) electrons. The summed E-state index contributed by atoms with van der Waals surface area (Å²) in [7, 11) is 0. The van der Waals surface area contributed by atoms with Gasteiger partial charge in [-0.25, -0.2) is 0 Å². The van der Waals surface area contributed by atoms with E-state index in [2.05, 4.69) is 5.32 Å². The highest BCUT2D eigenvalue weighted by Crippen LogP contribution is 2.26. The summed E-state index contributed by atoms with van der Waals surface area (Å²) >= 11 is 12.0. The molecule has 0 aliphatic rings. The third kappa shape index (κ3) is 4.64. The van der Waals surface area contributed by atoms with E-state index >= 15 is 0 Å². The van der Waals surface area contributed by atoms with E-state index in [1.807, 2.05) is 13.0 Å². The van der Waals surface area contributed by atoms with E-state index < -0.39 is 6.10 Å². The van der Waals surface area contributed by atoms with Gasteiger partial charge >= 0.3 is 0 Å². The molecule has 0 aliphatic carbocycles. The highest BCUT2D eigenvalue weighted by atomic mass is 35.5. The summed E-state index contributed by atoms with van der Waals surface area (Å²) in [6.45, 7) is 3.49. The summed E-state index contributed by atoms with van der Waals surface area (Å²) in [6.07, 6.45) is -0.688. The van der Waals surface area contributed by atoms with Crippen molar-refractivity contribution in [3.8, 4) is 11.8 Å². The van der Waals surface area contributed by atoms with Crippen LogP contribution in [0, 0.1) is 11.3 Å². The first kappa shape index (κ1) is 18.1. The summed E-state index contributed by atoms with van der Waals surface area (Å²) in [5.74, 6) is 0.256. The Morgan fingerprint density at radius 3 is 2.42 bits per heavy atom. The van der Waals surface area contributed by atoms with E-state index in [0.717, 1.165) is 5.56 Å². The van der Waals surface area contributed by atoms with Gasteiger partial charge < -0.3 is 10.1 Å². The summed E-state index contributed by atoms with van der Waals surface area (Å²) in [5.41, 5.74) is 1.31. The van der Waals surface area contributed by atoms with Crippen molar-refractivity contribution in [3.05, 3.63) is 63.6 Å². The number of benzene rings is 2. The molecule has 1 amide bonds. The fourth-order valence-corrected chi connectivity index (χ4v) is 2.70. The van der Waals surface area contributed by atoms with Crippen LogP contribution < -0.4 is 10.1 Å². The number of nitrogens with one attached hydrogen (secondary N) is 1. The van der Waals surface area contributed by atoms with Crippen molar-refractivity contribution in [1.29, 1.82) is 5.26 Å². The van der Waals surface area contributed by atoms with E-state index in [-0.39, 0.29) is 11.9 Å². The van der Waals surface area contributed by atoms with Crippen molar-refractivity contribution >= 4 is 29.1 Å². The second kappa shape index (κ2) is 8.05. The smallest absolute Gasteiger partial charge is 0.261 e. The van der Waals surface area contributed by atoms with Crippen molar-refractivity contribution in [2.45, 2.75) is 26.0 Å². The van der Waals surface area contributed by atoms with Crippen LogP contribution in [-0.2, 0) is 4.79 Å². The minimum atomic E-state index is -0.688. The number of nitrogens with zero attached hydrogens (tertiary/aromatic N) is 1. The standard InChI is InChI=1S/C18H16Cl2N2O2/c1-11(16-8-5-14(19)9-17(16)20)22-18(23)12(2)24-15-6-3-13(10-21)4-7-15/h3-9,11-12H,1-2H3,(H,22,23)/t11-,12+/m1/s1. The second-order valence-electron chi connectivity index (χ2n) is 5.29. The zero-order valence-electron chi connectivity index (χ0n) is 13.2. The maximum atomic E-state index is 12.3. The quantitative estimate of drug-likeness (QED) is 0.850. The van der Waals surface area contributed by atoms with Gasteiger partial charge in [0, 0.05) is 10.0 Å². The van der Waals surface area contributed by atoms with Crippen LogP contribution in [0.25, 0.3) is 0 Å². The highest BCUT2D eigenvalue weighted by molar-refractivity contribution is 6.35. The van der Waals surface area contributed by atoms with Crippen molar-refractivity contribution in [1.82, 2.24) is 5.32 Å². The third-order valence-corrected chi connectivity index (χ3v) is 4.02. The Morgan fingerprint density at radius 2 is 1.83 bits per heavy atom.